The normalized spacial score (nSPS) is 15.2. The van der Waals surface area contributed by atoms with Crippen molar-refractivity contribution in [3.63, 3.8) is 0 Å². The summed E-state index contributed by atoms with van der Waals surface area (Å²) in [4.78, 5) is 0. The third-order valence-corrected chi connectivity index (χ3v) is 6.74. The molecule has 0 saturated carbocycles. The van der Waals surface area contributed by atoms with Crippen molar-refractivity contribution in [3.8, 4) is 0 Å². The second-order valence-electron chi connectivity index (χ2n) is 6.21. The van der Waals surface area contributed by atoms with E-state index < -0.39 is 15.8 Å². The van der Waals surface area contributed by atoms with Gasteiger partial charge in [0.2, 0.25) is 10.0 Å². The van der Waals surface area contributed by atoms with Crippen molar-refractivity contribution in [3.05, 3.63) is 51.6 Å². The smallest absolute Gasteiger partial charge is 0.214 e. The fourth-order valence-corrected chi connectivity index (χ4v) is 4.36. The van der Waals surface area contributed by atoms with Crippen LogP contribution in [0.1, 0.15) is 29.4 Å². The molecule has 1 aliphatic heterocycles. The lowest BCUT2D eigenvalue weighted by Gasteiger charge is -2.26. The fourth-order valence-electron chi connectivity index (χ4n) is 3.08. The first kappa shape index (κ1) is 19.3. The number of nitrogens with zero attached hydrogens (tertiary/aromatic N) is 3. The Labute approximate surface area is 157 Å². The van der Waals surface area contributed by atoms with E-state index in [1.165, 1.54) is 16.4 Å². The van der Waals surface area contributed by atoms with Crippen LogP contribution in [0, 0.1) is 5.82 Å². The number of aromatic nitrogens is 2. The molecule has 1 aromatic carbocycles. The maximum Gasteiger partial charge on any atom is 0.214 e. The van der Waals surface area contributed by atoms with Crippen molar-refractivity contribution in [1.82, 2.24) is 14.1 Å². The summed E-state index contributed by atoms with van der Waals surface area (Å²) in [7, 11) is -1.39. The van der Waals surface area contributed by atoms with Crippen LogP contribution >= 0.6 is 11.6 Å². The lowest BCUT2D eigenvalue weighted by atomic mass is 10.1. The number of ether oxygens (including phenoxy) is 1. The van der Waals surface area contributed by atoms with E-state index in [1.54, 1.807) is 17.7 Å². The number of halogens is 2. The van der Waals surface area contributed by atoms with Gasteiger partial charge in [0, 0.05) is 42.8 Å². The zero-order chi connectivity index (χ0) is 18.9. The molecule has 0 aliphatic carbocycles. The predicted octanol–water partition coefficient (Wildman–Crippen LogP) is 2.64. The van der Waals surface area contributed by atoms with E-state index in [0.717, 1.165) is 17.0 Å². The summed E-state index contributed by atoms with van der Waals surface area (Å²) in [5.74, 6) is -0.313. The summed E-state index contributed by atoms with van der Waals surface area (Å²) < 4.78 is 46.4. The van der Waals surface area contributed by atoms with Gasteiger partial charge >= 0.3 is 0 Å². The maximum absolute atomic E-state index is 13.1. The number of rotatable bonds is 6. The van der Waals surface area contributed by atoms with Gasteiger partial charge in [0.15, 0.2) is 0 Å². The average Bonchev–Trinajstić information content (AvgIpc) is 2.92. The highest BCUT2D eigenvalue weighted by molar-refractivity contribution is 7.89. The molecule has 2 heterocycles. The molecular weight excluding hydrogens is 381 g/mol. The highest BCUT2D eigenvalue weighted by Gasteiger charge is 2.29. The van der Waals surface area contributed by atoms with Crippen molar-refractivity contribution in [1.29, 1.82) is 0 Å². The first-order valence-corrected chi connectivity index (χ1v) is 10.3. The van der Waals surface area contributed by atoms with Crippen LogP contribution in [0.2, 0.25) is 5.02 Å². The van der Waals surface area contributed by atoms with Crippen LogP contribution in [-0.2, 0) is 48.0 Å². The number of hydrogen-bond acceptors (Lipinski definition) is 4. The van der Waals surface area contributed by atoms with Crippen LogP contribution in [0.3, 0.4) is 0 Å². The van der Waals surface area contributed by atoms with Crippen LogP contribution in [0.5, 0.6) is 0 Å². The Morgan fingerprint density at radius 1 is 1.35 bits per heavy atom. The largest absolute Gasteiger partial charge is 0.370 e. The van der Waals surface area contributed by atoms with Crippen LogP contribution in [-0.4, -0.2) is 34.8 Å². The predicted molar refractivity (Wildman–Crippen MR) is 96.7 cm³/mol. The highest BCUT2D eigenvalue weighted by atomic mass is 35.5. The van der Waals surface area contributed by atoms with Crippen LogP contribution < -0.4 is 0 Å². The SMILES string of the molecule is CCS(=O)(=O)N1CCc2c(c(COCc3ccc(F)cc3Cl)nn2C)C1. The van der Waals surface area contributed by atoms with Crippen LogP contribution in [0.25, 0.3) is 0 Å². The minimum Gasteiger partial charge on any atom is -0.370 e. The van der Waals surface area contributed by atoms with E-state index in [2.05, 4.69) is 5.10 Å². The summed E-state index contributed by atoms with van der Waals surface area (Å²) in [5.41, 5.74) is 3.34. The highest BCUT2D eigenvalue weighted by Crippen LogP contribution is 2.25. The molecule has 1 aromatic heterocycles. The minimum absolute atomic E-state index is 0.0808. The van der Waals surface area contributed by atoms with Crippen LogP contribution in [0.15, 0.2) is 18.2 Å². The Bertz CT molecular complexity index is 914. The number of hydrogen-bond donors (Lipinski definition) is 0. The van der Waals surface area contributed by atoms with E-state index in [1.807, 2.05) is 7.05 Å². The topological polar surface area (TPSA) is 64.4 Å². The summed E-state index contributed by atoms with van der Waals surface area (Å²) in [6.07, 6.45) is 0.627. The molecule has 6 nitrogen and oxygen atoms in total. The van der Waals surface area contributed by atoms with Crippen molar-refractivity contribution >= 4 is 21.6 Å². The molecule has 0 unspecified atom stereocenters. The van der Waals surface area contributed by atoms with Crippen molar-refractivity contribution in [2.45, 2.75) is 33.1 Å². The first-order valence-electron chi connectivity index (χ1n) is 8.35. The molecule has 3 rings (SSSR count). The summed E-state index contributed by atoms with van der Waals surface area (Å²) in [5, 5.41) is 4.79. The molecule has 26 heavy (non-hydrogen) atoms. The van der Waals surface area contributed by atoms with Gasteiger partial charge in [-0.05, 0) is 24.6 Å². The molecule has 2 aromatic rings. The molecular formula is C17H21ClFN3O3S. The summed E-state index contributed by atoms with van der Waals surface area (Å²) in [6.45, 7) is 2.88. The van der Waals surface area contributed by atoms with Crippen LogP contribution in [0.4, 0.5) is 4.39 Å². The van der Waals surface area contributed by atoms with Gasteiger partial charge in [0.05, 0.1) is 24.7 Å². The molecule has 0 amide bonds. The van der Waals surface area contributed by atoms with Gasteiger partial charge in [0.1, 0.15) is 5.82 Å². The molecule has 0 spiro atoms. The second-order valence-corrected chi connectivity index (χ2v) is 8.87. The monoisotopic (exact) mass is 401 g/mol. The molecule has 9 heteroatoms. The molecule has 0 saturated heterocycles. The number of fused-ring (bicyclic) bond motifs is 1. The Morgan fingerprint density at radius 2 is 2.12 bits per heavy atom. The minimum atomic E-state index is -3.24. The van der Waals surface area contributed by atoms with E-state index in [0.29, 0.717) is 30.1 Å². The lowest BCUT2D eigenvalue weighted by Crippen LogP contribution is -2.37. The van der Waals surface area contributed by atoms with Gasteiger partial charge in [-0.25, -0.2) is 12.8 Å². The van der Waals surface area contributed by atoms with Gasteiger partial charge < -0.3 is 4.74 Å². The molecule has 0 bridgehead atoms. The van der Waals surface area contributed by atoms with Gasteiger partial charge in [-0.3, -0.25) is 4.68 Å². The average molecular weight is 402 g/mol. The fraction of sp³-hybridized carbons (Fsp3) is 0.471. The summed E-state index contributed by atoms with van der Waals surface area (Å²) >= 11 is 6.00. The Balaban J connectivity index is 1.72. The number of sulfonamides is 1. The molecule has 142 valence electrons. The van der Waals surface area contributed by atoms with Gasteiger partial charge in [-0.1, -0.05) is 17.7 Å². The van der Waals surface area contributed by atoms with E-state index in [4.69, 9.17) is 16.3 Å². The maximum atomic E-state index is 13.1. The second kappa shape index (κ2) is 7.64. The molecule has 0 fully saturated rings. The summed E-state index contributed by atoms with van der Waals surface area (Å²) in [6, 6.07) is 4.16. The molecule has 0 radical (unpaired) electrons. The van der Waals surface area contributed by atoms with E-state index in [-0.39, 0.29) is 19.0 Å². The first-order chi connectivity index (χ1) is 12.3. The third kappa shape index (κ3) is 3.93. The Kier molecular flexibility index (Phi) is 5.67. The number of aryl methyl sites for hydroxylation is 1. The quantitative estimate of drug-likeness (QED) is 0.746. The molecule has 0 N–H and O–H groups in total. The lowest BCUT2D eigenvalue weighted by molar-refractivity contribution is 0.103. The van der Waals surface area contributed by atoms with Gasteiger partial charge in [-0.2, -0.15) is 9.40 Å². The van der Waals surface area contributed by atoms with Crippen molar-refractivity contribution in [2.24, 2.45) is 7.05 Å². The van der Waals surface area contributed by atoms with Gasteiger partial charge in [0.25, 0.3) is 0 Å². The zero-order valence-electron chi connectivity index (χ0n) is 14.7. The third-order valence-electron chi connectivity index (χ3n) is 4.56. The number of benzene rings is 1. The Morgan fingerprint density at radius 3 is 2.81 bits per heavy atom. The van der Waals surface area contributed by atoms with E-state index >= 15 is 0 Å². The standard InChI is InChI=1S/C17H21ClFN3O3S/c1-3-26(23,24)22-7-6-17-14(9-22)16(20-21(17)2)11-25-10-12-4-5-13(19)8-15(12)18/h4-5,8H,3,6-7,9-11H2,1-2H3. The van der Waals surface area contributed by atoms with Gasteiger partial charge in [-0.15, -0.1) is 0 Å². The van der Waals surface area contributed by atoms with Crippen molar-refractivity contribution in [2.75, 3.05) is 12.3 Å². The van der Waals surface area contributed by atoms with E-state index in [9.17, 15) is 12.8 Å². The van der Waals surface area contributed by atoms with Crippen molar-refractivity contribution < 1.29 is 17.5 Å². The molecule has 1 aliphatic rings. The zero-order valence-corrected chi connectivity index (χ0v) is 16.3. The molecule has 0 atom stereocenters. The Hall–Kier alpha value is -1.48.